The van der Waals surface area contributed by atoms with Crippen LogP contribution in [0, 0.1) is 17.8 Å². The highest BCUT2D eigenvalue weighted by Gasteiger charge is 2.35. The molecule has 0 saturated carbocycles. The van der Waals surface area contributed by atoms with Gasteiger partial charge in [0.2, 0.25) is 17.7 Å². The number of rotatable bonds is 9. The van der Waals surface area contributed by atoms with Crippen molar-refractivity contribution in [1.82, 2.24) is 16.0 Å². The molecular weight excluding hydrogens is 344 g/mol. The van der Waals surface area contributed by atoms with Crippen molar-refractivity contribution < 1.29 is 14.4 Å². The van der Waals surface area contributed by atoms with Crippen molar-refractivity contribution in [2.75, 3.05) is 19.6 Å². The quantitative estimate of drug-likeness (QED) is 0.494. The van der Waals surface area contributed by atoms with Crippen LogP contribution in [0.2, 0.25) is 0 Å². The number of hydrogen-bond acceptors (Lipinski definition) is 4. The van der Waals surface area contributed by atoms with Crippen LogP contribution in [0.5, 0.6) is 0 Å². The summed E-state index contributed by atoms with van der Waals surface area (Å²) < 4.78 is 0. The van der Waals surface area contributed by atoms with E-state index in [-0.39, 0.29) is 36.1 Å². The van der Waals surface area contributed by atoms with Crippen LogP contribution in [0.25, 0.3) is 0 Å². The number of carbonyl (C=O) groups excluding carboxylic acids is 3. The predicted molar refractivity (Wildman–Crippen MR) is 104 cm³/mol. The summed E-state index contributed by atoms with van der Waals surface area (Å²) in [6.45, 7) is 5.10. The highest BCUT2D eigenvalue weighted by atomic mass is 16.2. The number of carbonyl (C=O) groups is 3. The Hall–Kier alpha value is -2.41. The molecule has 0 aromatic heterocycles. The smallest absolute Gasteiger partial charge is 0.243 e. The lowest BCUT2D eigenvalue weighted by atomic mass is 9.88. The first-order chi connectivity index (χ1) is 12.9. The molecule has 1 fully saturated rings. The normalized spacial score (nSPS) is 20.3. The summed E-state index contributed by atoms with van der Waals surface area (Å²) in [6.07, 6.45) is 1.31. The fraction of sp³-hybridized carbons (Fsp3) is 0.550. The molecule has 0 bridgehead atoms. The minimum absolute atomic E-state index is 0.124. The second-order valence-corrected chi connectivity index (χ2v) is 7.59. The van der Waals surface area contributed by atoms with Gasteiger partial charge in [-0.15, -0.1) is 0 Å². The summed E-state index contributed by atoms with van der Waals surface area (Å²) in [5, 5.41) is 8.66. The highest BCUT2D eigenvalue weighted by molar-refractivity contribution is 5.91. The van der Waals surface area contributed by atoms with E-state index in [1.807, 2.05) is 32.0 Å². The van der Waals surface area contributed by atoms with Crippen molar-refractivity contribution in [3.63, 3.8) is 0 Å². The Morgan fingerprint density at radius 2 is 1.89 bits per heavy atom. The maximum atomic E-state index is 12.9. The van der Waals surface area contributed by atoms with Gasteiger partial charge in [-0.05, 0) is 36.8 Å². The number of primary amides is 1. The highest BCUT2D eigenvalue weighted by Crippen LogP contribution is 2.22. The second-order valence-electron chi connectivity index (χ2n) is 7.59. The fourth-order valence-corrected chi connectivity index (χ4v) is 3.45. The Morgan fingerprint density at radius 3 is 2.52 bits per heavy atom. The maximum Gasteiger partial charge on any atom is 0.243 e. The Kier molecular flexibility index (Phi) is 7.79. The van der Waals surface area contributed by atoms with Crippen LogP contribution in [0.3, 0.4) is 0 Å². The lowest BCUT2D eigenvalue weighted by Gasteiger charge is -2.24. The van der Waals surface area contributed by atoms with Crippen LogP contribution < -0.4 is 21.7 Å². The van der Waals surface area contributed by atoms with Gasteiger partial charge in [0.1, 0.15) is 6.04 Å². The van der Waals surface area contributed by atoms with Crippen molar-refractivity contribution in [2.45, 2.75) is 32.7 Å². The van der Waals surface area contributed by atoms with E-state index in [1.165, 1.54) is 5.56 Å². The molecule has 1 saturated heterocycles. The van der Waals surface area contributed by atoms with E-state index >= 15 is 0 Å². The zero-order valence-corrected chi connectivity index (χ0v) is 16.0. The van der Waals surface area contributed by atoms with Gasteiger partial charge in [-0.2, -0.15) is 0 Å². The lowest BCUT2D eigenvalue weighted by molar-refractivity contribution is -0.132. The zero-order valence-electron chi connectivity index (χ0n) is 16.0. The summed E-state index contributed by atoms with van der Waals surface area (Å²) in [5.74, 6) is -0.899. The van der Waals surface area contributed by atoms with Gasteiger partial charge in [0.15, 0.2) is 0 Å². The summed E-state index contributed by atoms with van der Waals surface area (Å²) >= 11 is 0. The van der Waals surface area contributed by atoms with Crippen LogP contribution in [-0.4, -0.2) is 43.4 Å². The third kappa shape index (κ3) is 6.67. The molecule has 0 spiro atoms. The zero-order chi connectivity index (χ0) is 19.8. The minimum atomic E-state index is -0.671. The Balaban J connectivity index is 1.99. The van der Waals surface area contributed by atoms with E-state index in [0.717, 1.165) is 13.0 Å². The van der Waals surface area contributed by atoms with Gasteiger partial charge in [-0.3, -0.25) is 14.4 Å². The van der Waals surface area contributed by atoms with Crippen molar-refractivity contribution in [3.05, 3.63) is 35.9 Å². The SMILES string of the molecule is CC(C)C[C@H](NC(=O)[C@H]1CNC[C@@H]1Cc1ccccc1)C(=O)NCC(N)=O. The van der Waals surface area contributed by atoms with Gasteiger partial charge < -0.3 is 21.7 Å². The molecule has 3 atom stereocenters. The average molecular weight is 374 g/mol. The first-order valence-electron chi connectivity index (χ1n) is 9.47. The van der Waals surface area contributed by atoms with Gasteiger partial charge in [-0.1, -0.05) is 44.2 Å². The van der Waals surface area contributed by atoms with E-state index < -0.39 is 11.9 Å². The standard InChI is InChI=1S/C20H30N4O3/c1-13(2)8-17(20(27)23-12-18(21)25)24-19(26)16-11-22-10-15(16)9-14-6-4-3-5-7-14/h3-7,13,15-17,22H,8-12H2,1-2H3,(H2,21,25)(H,23,27)(H,24,26)/t15-,16-,17-/m0/s1. The van der Waals surface area contributed by atoms with Crippen molar-refractivity contribution in [2.24, 2.45) is 23.5 Å². The molecule has 1 aliphatic rings. The molecule has 5 N–H and O–H groups in total. The topological polar surface area (TPSA) is 113 Å². The molecule has 27 heavy (non-hydrogen) atoms. The van der Waals surface area contributed by atoms with Gasteiger partial charge in [0.25, 0.3) is 0 Å². The fourth-order valence-electron chi connectivity index (χ4n) is 3.45. The Bertz CT molecular complexity index is 648. The van der Waals surface area contributed by atoms with Crippen LogP contribution in [0.15, 0.2) is 30.3 Å². The molecule has 0 unspecified atom stereocenters. The Morgan fingerprint density at radius 1 is 1.19 bits per heavy atom. The molecule has 1 heterocycles. The van der Waals surface area contributed by atoms with E-state index in [1.54, 1.807) is 0 Å². The molecular formula is C20H30N4O3. The van der Waals surface area contributed by atoms with E-state index in [0.29, 0.717) is 13.0 Å². The van der Waals surface area contributed by atoms with E-state index in [9.17, 15) is 14.4 Å². The van der Waals surface area contributed by atoms with Crippen molar-refractivity contribution >= 4 is 17.7 Å². The van der Waals surface area contributed by atoms with E-state index in [2.05, 4.69) is 28.1 Å². The second kappa shape index (κ2) is 10.1. The lowest BCUT2D eigenvalue weighted by Crippen LogP contribution is -2.51. The molecule has 1 aliphatic heterocycles. The number of nitrogens with one attached hydrogen (secondary N) is 3. The maximum absolute atomic E-state index is 12.9. The molecule has 7 nitrogen and oxygen atoms in total. The summed E-state index contributed by atoms with van der Waals surface area (Å²) in [6, 6.07) is 9.41. The number of nitrogens with two attached hydrogens (primary N) is 1. The molecule has 1 aromatic carbocycles. The predicted octanol–water partition coefficient (Wildman–Crippen LogP) is 0.197. The van der Waals surface area contributed by atoms with Gasteiger partial charge >= 0.3 is 0 Å². The first kappa shape index (κ1) is 20.9. The minimum Gasteiger partial charge on any atom is -0.368 e. The third-order valence-electron chi connectivity index (χ3n) is 4.79. The van der Waals surface area contributed by atoms with Gasteiger partial charge in [0.05, 0.1) is 12.5 Å². The summed E-state index contributed by atoms with van der Waals surface area (Å²) in [4.78, 5) is 36.1. The molecule has 148 valence electrons. The average Bonchev–Trinajstić information content (AvgIpc) is 3.07. The van der Waals surface area contributed by atoms with Crippen LogP contribution >= 0.6 is 0 Å². The van der Waals surface area contributed by atoms with E-state index in [4.69, 9.17) is 5.73 Å². The van der Waals surface area contributed by atoms with Crippen molar-refractivity contribution in [3.8, 4) is 0 Å². The number of hydrogen-bond donors (Lipinski definition) is 4. The summed E-state index contributed by atoms with van der Waals surface area (Å²) in [7, 11) is 0. The van der Waals surface area contributed by atoms with Crippen LogP contribution in [0.1, 0.15) is 25.8 Å². The van der Waals surface area contributed by atoms with Gasteiger partial charge in [-0.25, -0.2) is 0 Å². The molecule has 1 aromatic rings. The van der Waals surface area contributed by atoms with Crippen LogP contribution in [0.4, 0.5) is 0 Å². The molecule has 0 aliphatic carbocycles. The summed E-state index contributed by atoms with van der Waals surface area (Å²) in [5.41, 5.74) is 6.28. The van der Waals surface area contributed by atoms with Crippen LogP contribution in [-0.2, 0) is 20.8 Å². The molecule has 2 rings (SSSR count). The largest absolute Gasteiger partial charge is 0.368 e. The first-order valence-corrected chi connectivity index (χ1v) is 9.47. The monoisotopic (exact) mass is 374 g/mol. The van der Waals surface area contributed by atoms with Gasteiger partial charge in [0, 0.05) is 6.54 Å². The Labute approximate surface area is 160 Å². The third-order valence-corrected chi connectivity index (χ3v) is 4.79. The number of benzene rings is 1. The molecule has 3 amide bonds. The number of amides is 3. The molecule has 0 radical (unpaired) electrons. The molecule has 7 heteroatoms. The van der Waals surface area contributed by atoms with Crippen molar-refractivity contribution in [1.29, 1.82) is 0 Å².